The smallest absolute Gasteiger partial charge is 0.256 e. The van der Waals surface area contributed by atoms with Crippen molar-refractivity contribution < 1.29 is 26.5 Å². The van der Waals surface area contributed by atoms with E-state index in [4.69, 9.17) is 4.52 Å². The number of hydrogen-bond acceptors (Lipinski definition) is 6. The van der Waals surface area contributed by atoms with E-state index in [2.05, 4.69) is 14.9 Å². The SMILES string of the molecule is CCS(=O)(=O)N[C@@H]1C[C@H]2CN(C(=O)c3ccc(F)cc3F)C[C@@]2(c2nc(C)no2)C1. The number of nitrogens with one attached hydrogen (secondary N) is 1. The molecule has 1 aliphatic heterocycles. The second kappa shape index (κ2) is 7.38. The van der Waals surface area contributed by atoms with Crippen LogP contribution in [0.3, 0.4) is 0 Å². The quantitative estimate of drug-likeness (QED) is 0.760. The Morgan fingerprint density at radius 3 is 2.80 bits per heavy atom. The number of carbonyl (C=O) groups excluding carboxylic acids is 1. The van der Waals surface area contributed by atoms with Crippen LogP contribution in [0, 0.1) is 24.5 Å². The lowest BCUT2D eigenvalue weighted by molar-refractivity contribution is 0.0768. The highest BCUT2D eigenvalue weighted by Gasteiger charge is 2.58. The number of carbonyl (C=O) groups is 1. The molecule has 1 aromatic carbocycles. The van der Waals surface area contributed by atoms with Gasteiger partial charge >= 0.3 is 0 Å². The summed E-state index contributed by atoms with van der Waals surface area (Å²) in [7, 11) is -3.40. The zero-order valence-electron chi connectivity index (χ0n) is 16.6. The van der Waals surface area contributed by atoms with E-state index in [0.717, 1.165) is 12.1 Å². The van der Waals surface area contributed by atoms with E-state index in [1.807, 2.05) is 0 Å². The second-order valence-corrected chi connectivity index (χ2v) is 10.0. The first-order chi connectivity index (χ1) is 14.1. The van der Waals surface area contributed by atoms with E-state index in [1.54, 1.807) is 13.8 Å². The number of benzene rings is 1. The molecule has 30 heavy (non-hydrogen) atoms. The van der Waals surface area contributed by atoms with Gasteiger partial charge in [0.15, 0.2) is 5.82 Å². The third-order valence-corrected chi connectivity index (χ3v) is 7.46. The molecule has 0 unspecified atom stereocenters. The Kier molecular flexibility index (Phi) is 5.13. The fourth-order valence-electron chi connectivity index (χ4n) is 4.62. The van der Waals surface area contributed by atoms with Crippen LogP contribution in [-0.2, 0) is 15.4 Å². The van der Waals surface area contributed by atoms with E-state index in [1.165, 1.54) is 4.90 Å². The van der Waals surface area contributed by atoms with E-state index in [0.29, 0.717) is 30.6 Å². The van der Waals surface area contributed by atoms with Gasteiger partial charge in [-0.25, -0.2) is 21.9 Å². The van der Waals surface area contributed by atoms with Crippen molar-refractivity contribution >= 4 is 15.9 Å². The summed E-state index contributed by atoms with van der Waals surface area (Å²) < 4.78 is 59.6. The molecule has 1 saturated heterocycles. The summed E-state index contributed by atoms with van der Waals surface area (Å²) in [6.45, 7) is 3.70. The van der Waals surface area contributed by atoms with Crippen molar-refractivity contribution in [2.75, 3.05) is 18.8 Å². The molecular weight excluding hydrogens is 418 g/mol. The van der Waals surface area contributed by atoms with Crippen molar-refractivity contribution in [1.82, 2.24) is 19.8 Å². The summed E-state index contributed by atoms with van der Waals surface area (Å²) in [5, 5.41) is 3.85. The van der Waals surface area contributed by atoms with Gasteiger partial charge in [0.25, 0.3) is 5.91 Å². The molecule has 0 bridgehead atoms. The minimum Gasteiger partial charge on any atom is -0.339 e. The van der Waals surface area contributed by atoms with Crippen LogP contribution in [-0.4, -0.2) is 54.2 Å². The van der Waals surface area contributed by atoms with Crippen molar-refractivity contribution in [1.29, 1.82) is 0 Å². The molecule has 2 fully saturated rings. The van der Waals surface area contributed by atoms with Gasteiger partial charge in [0, 0.05) is 25.2 Å². The molecule has 11 heteroatoms. The summed E-state index contributed by atoms with van der Waals surface area (Å²) >= 11 is 0. The summed E-state index contributed by atoms with van der Waals surface area (Å²) in [5.41, 5.74) is -0.939. The fraction of sp³-hybridized carbons (Fsp3) is 0.526. The summed E-state index contributed by atoms with van der Waals surface area (Å²) in [6.07, 6.45) is 0.866. The Morgan fingerprint density at radius 2 is 2.17 bits per heavy atom. The molecule has 4 rings (SSSR count). The number of aryl methyl sites for hydroxylation is 1. The van der Waals surface area contributed by atoms with Crippen molar-refractivity contribution in [3.05, 3.63) is 47.1 Å². The number of sulfonamides is 1. The highest BCUT2D eigenvalue weighted by atomic mass is 32.2. The third kappa shape index (κ3) is 3.60. The molecule has 0 radical (unpaired) electrons. The van der Waals surface area contributed by atoms with E-state index in [9.17, 15) is 22.0 Å². The minimum absolute atomic E-state index is 0.0325. The van der Waals surface area contributed by atoms with Crippen LogP contribution in [0.1, 0.15) is 41.8 Å². The summed E-state index contributed by atoms with van der Waals surface area (Å²) in [4.78, 5) is 18.8. The van der Waals surface area contributed by atoms with Crippen LogP contribution in [0.4, 0.5) is 8.78 Å². The van der Waals surface area contributed by atoms with Gasteiger partial charge in [0.05, 0.1) is 16.7 Å². The average Bonchev–Trinajstić information content (AvgIpc) is 3.33. The van der Waals surface area contributed by atoms with Gasteiger partial charge in [-0.3, -0.25) is 4.79 Å². The maximum absolute atomic E-state index is 14.1. The van der Waals surface area contributed by atoms with Crippen LogP contribution >= 0.6 is 0 Å². The van der Waals surface area contributed by atoms with Crippen LogP contribution in [0.2, 0.25) is 0 Å². The van der Waals surface area contributed by atoms with Gasteiger partial charge in [-0.1, -0.05) is 5.16 Å². The van der Waals surface area contributed by atoms with Crippen LogP contribution in [0.5, 0.6) is 0 Å². The lowest BCUT2D eigenvalue weighted by atomic mass is 9.80. The Morgan fingerprint density at radius 1 is 1.40 bits per heavy atom. The zero-order chi connectivity index (χ0) is 21.7. The Labute approximate surface area is 172 Å². The number of halogens is 2. The number of fused-ring (bicyclic) bond motifs is 1. The summed E-state index contributed by atoms with van der Waals surface area (Å²) in [6, 6.07) is 2.52. The van der Waals surface area contributed by atoms with Crippen molar-refractivity contribution in [3.63, 3.8) is 0 Å². The maximum Gasteiger partial charge on any atom is 0.256 e. The molecular formula is C19H22F2N4O4S. The first kappa shape index (κ1) is 20.9. The van der Waals surface area contributed by atoms with Gasteiger partial charge in [-0.05, 0) is 44.7 Å². The van der Waals surface area contributed by atoms with Crippen LogP contribution < -0.4 is 4.72 Å². The molecule has 1 aromatic heterocycles. The predicted octanol–water partition coefficient (Wildman–Crippen LogP) is 1.77. The molecule has 1 N–H and O–H groups in total. The van der Waals surface area contributed by atoms with E-state index in [-0.39, 0.29) is 36.4 Å². The molecule has 8 nitrogen and oxygen atoms in total. The first-order valence-corrected chi connectivity index (χ1v) is 11.3. The topological polar surface area (TPSA) is 105 Å². The molecule has 1 saturated carbocycles. The van der Waals surface area contributed by atoms with Gasteiger partial charge < -0.3 is 9.42 Å². The lowest BCUT2D eigenvalue weighted by Crippen LogP contribution is -2.40. The number of likely N-dealkylation sites (tertiary alicyclic amines) is 1. The lowest BCUT2D eigenvalue weighted by Gasteiger charge is -2.25. The van der Waals surface area contributed by atoms with Crippen molar-refractivity contribution in [3.8, 4) is 0 Å². The standard InChI is InChI=1S/C19H22F2N4O4S/c1-3-30(27,28)24-14-6-12-9-25(17(26)15-5-4-13(20)7-16(15)21)10-19(12,8-14)18-22-11(2)23-29-18/h4-5,7,12,14,24H,3,6,8-10H2,1-2H3/t12-,14+,19-/m0/s1. The zero-order valence-corrected chi connectivity index (χ0v) is 17.4. The van der Waals surface area contributed by atoms with E-state index < -0.39 is 33.0 Å². The van der Waals surface area contributed by atoms with Crippen LogP contribution in [0.25, 0.3) is 0 Å². The molecule has 2 aliphatic rings. The summed E-state index contributed by atoms with van der Waals surface area (Å²) in [5.74, 6) is -1.63. The van der Waals surface area contributed by atoms with Crippen molar-refractivity contribution in [2.24, 2.45) is 5.92 Å². The fourth-order valence-corrected chi connectivity index (χ4v) is 5.47. The van der Waals surface area contributed by atoms with Crippen LogP contribution in [0.15, 0.2) is 22.7 Å². The Bertz CT molecular complexity index is 1090. The normalized spacial score (nSPS) is 26.2. The number of amides is 1. The second-order valence-electron chi connectivity index (χ2n) is 7.97. The predicted molar refractivity (Wildman–Crippen MR) is 102 cm³/mol. The largest absolute Gasteiger partial charge is 0.339 e. The highest BCUT2D eigenvalue weighted by molar-refractivity contribution is 7.89. The monoisotopic (exact) mass is 440 g/mol. The van der Waals surface area contributed by atoms with Gasteiger partial charge in [-0.15, -0.1) is 0 Å². The Balaban J connectivity index is 1.63. The highest BCUT2D eigenvalue weighted by Crippen LogP contribution is 2.50. The van der Waals surface area contributed by atoms with Crippen molar-refractivity contribution in [2.45, 2.75) is 38.1 Å². The van der Waals surface area contributed by atoms with E-state index >= 15 is 0 Å². The average molecular weight is 440 g/mol. The van der Waals surface area contributed by atoms with Gasteiger partial charge in [0.1, 0.15) is 11.6 Å². The minimum atomic E-state index is -3.40. The number of rotatable bonds is 5. The van der Waals surface area contributed by atoms with Gasteiger partial charge in [-0.2, -0.15) is 4.98 Å². The molecule has 0 spiro atoms. The van der Waals surface area contributed by atoms with Gasteiger partial charge in [0.2, 0.25) is 15.9 Å². The number of hydrogen-bond donors (Lipinski definition) is 1. The molecule has 2 heterocycles. The molecule has 3 atom stereocenters. The Hall–Kier alpha value is -2.40. The molecule has 2 aromatic rings. The number of nitrogens with zero attached hydrogens (tertiary/aromatic N) is 3. The first-order valence-electron chi connectivity index (χ1n) is 9.68. The molecule has 1 amide bonds. The number of aromatic nitrogens is 2. The molecule has 162 valence electrons. The maximum atomic E-state index is 14.1. The third-order valence-electron chi connectivity index (χ3n) is 6.00. The molecule has 1 aliphatic carbocycles.